The van der Waals surface area contributed by atoms with Gasteiger partial charge in [-0.05, 0) is 68.2 Å². The highest BCUT2D eigenvalue weighted by atomic mass is 16.6. The summed E-state index contributed by atoms with van der Waals surface area (Å²) < 4.78 is 11.0. The van der Waals surface area contributed by atoms with E-state index in [1.54, 1.807) is 4.90 Å². The van der Waals surface area contributed by atoms with Crippen LogP contribution in [0.2, 0.25) is 0 Å². The van der Waals surface area contributed by atoms with E-state index in [0.29, 0.717) is 13.1 Å². The number of hydrogen-bond donors (Lipinski definition) is 2. The third-order valence-corrected chi connectivity index (χ3v) is 6.67. The lowest BCUT2D eigenvalue weighted by atomic mass is 9.91. The van der Waals surface area contributed by atoms with Gasteiger partial charge in [-0.15, -0.1) is 0 Å². The molecule has 192 valence electrons. The van der Waals surface area contributed by atoms with Crippen molar-refractivity contribution in [3.63, 3.8) is 0 Å². The van der Waals surface area contributed by atoms with E-state index in [1.807, 2.05) is 57.2 Å². The largest absolute Gasteiger partial charge is 0.480 e. The lowest BCUT2D eigenvalue weighted by molar-refractivity contribution is -0.139. The second kappa shape index (κ2) is 10.6. The van der Waals surface area contributed by atoms with Crippen molar-refractivity contribution in [1.82, 2.24) is 10.2 Å². The molecule has 2 amide bonds. The number of rotatable bonds is 6. The molecule has 2 atom stereocenters. The molecule has 0 bridgehead atoms. The van der Waals surface area contributed by atoms with Gasteiger partial charge >= 0.3 is 18.2 Å². The number of amides is 2. The van der Waals surface area contributed by atoms with Crippen molar-refractivity contribution in [2.75, 3.05) is 19.7 Å². The Bertz CT molecular complexity index is 1080. The highest BCUT2D eigenvalue weighted by molar-refractivity contribution is 5.81. The van der Waals surface area contributed by atoms with Crippen molar-refractivity contribution in [2.45, 2.75) is 57.6 Å². The molecule has 8 heteroatoms. The number of nitrogens with one attached hydrogen (secondary N) is 1. The first-order chi connectivity index (χ1) is 17.1. The average molecular weight is 495 g/mol. The topological polar surface area (TPSA) is 105 Å². The normalized spacial score (nSPS) is 18.1. The standard InChI is InChI=1S/C28H34N2O6/c1-28(2,3)36-27(34)30-14-8-9-18(16-30)15-24(25(31)32)29-26(33)35-17-23-21-12-6-4-10-19(21)20-11-5-7-13-22(20)23/h4-7,10-13,18,23-24H,8-9,14-17H2,1-3H3,(H,29,33)(H,31,32). The molecule has 2 aromatic carbocycles. The number of carbonyl (C=O) groups excluding carboxylic acids is 2. The predicted octanol–water partition coefficient (Wildman–Crippen LogP) is 5.02. The first-order valence-electron chi connectivity index (χ1n) is 12.4. The number of piperidine rings is 1. The zero-order valence-electron chi connectivity index (χ0n) is 21.0. The van der Waals surface area contributed by atoms with Crippen LogP contribution in [0.25, 0.3) is 11.1 Å². The molecule has 36 heavy (non-hydrogen) atoms. The van der Waals surface area contributed by atoms with Crippen LogP contribution >= 0.6 is 0 Å². The lowest BCUT2D eigenvalue weighted by Crippen LogP contribution is -2.47. The van der Waals surface area contributed by atoms with Gasteiger partial charge in [-0.1, -0.05) is 48.5 Å². The Labute approximate surface area is 211 Å². The number of nitrogens with zero attached hydrogens (tertiary/aromatic N) is 1. The fraction of sp³-hybridized carbons (Fsp3) is 0.464. The minimum absolute atomic E-state index is 0.0683. The minimum atomic E-state index is -1.13. The van der Waals surface area contributed by atoms with Crippen LogP contribution in [0.1, 0.15) is 57.1 Å². The molecule has 2 aromatic rings. The molecular formula is C28H34N2O6. The number of carbonyl (C=O) groups is 3. The van der Waals surface area contributed by atoms with E-state index in [9.17, 15) is 19.5 Å². The van der Waals surface area contributed by atoms with Gasteiger partial charge in [0.05, 0.1) is 0 Å². The number of likely N-dealkylation sites (tertiary alicyclic amines) is 1. The monoisotopic (exact) mass is 494 g/mol. The van der Waals surface area contributed by atoms with Crippen LogP contribution in [0.4, 0.5) is 9.59 Å². The number of alkyl carbamates (subject to hydrolysis) is 1. The van der Waals surface area contributed by atoms with Crippen LogP contribution in [0, 0.1) is 5.92 Å². The quantitative estimate of drug-likeness (QED) is 0.585. The second-order valence-corrected chi connectivity index (χ2v) is 10.5. The number of fused-ring (bicyclic) bond motifs is 3. The summed E-state index contributed by atoms with van der Waals surface area (Å²) in [5.41, 5.74) is 3.82. The maximum absolute atomic E-state index is 12.6. The van der Waals surface area contributed by atoms with Gasteiger partial charge in [0.1, 0.15) is 18.2 Å². The molecule has 1 heterocycles. The summed E-state index contributed by atoms with van der Waals surface area (Å²) >= 11 is 0. The molecule has 0 radical (unpaired) electrons. The first-order valence-corrected chi connectivity index (χ1v) is 12.4. The molecule has 0 saturated carbocycles. The van der Waals surface area contributed by atoms with Gasteiger partial charge in [0, 0.05) is 19.0 Å². The Hall–Kier alpha value is -3.55. The molecule has 0 spiro atoms. The highest BCUT2D eigenvalue weighted by Gasteiger charge is 2.33. The van der Waals surface area contributed by atoms with E-state index in [0.717, 1.165) is 35.1 Å². The molecule has 1 fully saturated rings. The van der Waals surface area contributed by atoms with E-state index < -0.39 is 29.8 Å². The van der Waals surface area contributed by atoms with Gasteiger partial charge in [0.25, 0.3) is 0 Å². The summed E-state index contributed by atoms with van der Waals surface area (Å²) in [4.78, 5) is 38.6. The van der Waals surface area contributed by atoms with E-state index in [1.165, 1.54) is 0 Å². The summed E-state index contributed by atoms with van der Waals surface area (Å²) in [5, 5.41) is 12.3. The minimum Gasteiger partial charge on any atom is -0.480 e. The van der Waals surface area contributed by atoms with E-state index in [4.69, 9.17) is 9.47 Å². The third kappa shape index (κ3) is 5.98. The molecule has 1 aliphatic heterocycles. The van der Waals surface area contributed by atoms with Crippen LogP contribution in [-0.4, -0.2) is 59.5 Å². The number of hydrogen-bond acceptors (Lipinski definition) is 5. The third-order valence-electron chi connectivity index (χ3n) is 6.67. The molecule has 2 unspecified atom stereocenters. The van der Waals surface area contributed by atoms with Crippen LogP contribution < -0.4 is 5.32 Å². The van der Waals surface area contributed by atoms with Gasteiger partial charge < -0.3 is 24.8 Å². The summed E-state index contributed by atoms with van der Waals surface area (Å²) in [5.74, 6) is -1.30. The maximum Gasteiger partial charge on any atom is 0.410 e. The molecule has 1 saturated heterocycles. The molecule has 4 rings (SSSR count). The number of aliphatic carboxylic acids is 1. The number of benzene rings is 2. The Balaban J connectivity index is 1.34. The maximum atomic E-state index is 12.6. The van der Waals surface area contributed by atoms with Crippen molar-refractivity contribution < 1.29 is 29.0 Å². The second-order valence-electron chi connectivity index (χ2n) is 10.5. The molecule has 1 aliphatic carbocycles. The van der Waals surface area contributed by atoms with Gasteiger partial charge in [-0.25, -0.2) is 14.4 Å². The van der Waals surface area contributed by atoms with Gasteiger partial charge in [-0.2, -0.15) is 0 Å². The predicted molar refractivity (Wildman–Crippen MR) is 135 cm³/mol. The van der Waals surface area contributed by atoms with Crippen LogP contribution in [0.5, 0.6) is 0 Å². The van der Waals surface area contributed by atoms with Gasteiger partial charge in [0.2, 0.25) is 0 Å². The SMILES string of the molecule is CC(C)(C)OC(=O)N1CCCC(CC(NC(=O)OCC2c3ccccc3-c3ccccc32)C(=O)O)C1. The van der Waals surface area contributed by atoms with Crippen LogP contribution in [0.3, 0.4) is 0 Å². The molecule has 8 nitrogen and oxygen atoms in total. The average Bonchev–Trinajstić information content (AvgIpc) is 3.15. The highest BCUT2D eigenvalue weighted by Crippen LogP contribution is 2.44. The number of ether oxygens (including phenoxy) is 2. The van der Waals surface area contributed by atoms with E-state index in [2.05, 4.69) is 17.4 Å². The Kier molecular flexibility index (Phi) is 7.52. The molecular weight excluding hydrogens is 460 g/mol. The van der Waals surface area contributed by atoms with Gasteiger partial charge in [0.15, 0.2) is 0 Å². The Morgan fingerprint density at radius 1 is 1.06 bits per heavy atom. The van der Waals surface area contributed by atoms with Crippen molar-refractivity contribution >= 4 is 18.2 Å². The molecule has 2 aliphatic rings. The van der Waals surface area contributed by atoms with Crippen LogP contribution in [0.15, 0.2) is 48.5 Å². The van der Waals surface area contributed by atoms with Crippen molar-refractivity contribution in [3.8, 4) is 11.1 Å². The van der Waals surface area contributed by atoms with Crippen molar-refractivity contribution in [2.24, 2.45) is 5.92 Å². The van der Waals surface area contributed by atoms with E-state index in [-0.39, 0.29) is 24.9 Å². The fourth-order valence-electron chi connectivity index (χ4n) is 5.09. The van der Waals surface area contributed by atoms with Crippen molar-refractivity contribution in [3.05, 3.63) is 59.7 Å². The molecule has 2 N–H and O–H groups in total. The fourth-order valence-corrected chi connectivity index (χ4v) is 5.09. The first kappa shape index (κ1) is 25.5. The van der Waals surface area contributed by atoms with E-state index >= 15 is 0 Å². The molecule has 0 aromatic heterocycles. The zero-order chi connectivity index (χ0) is 25.9. The van der Waals surface area contributed by atoms with Crippen molar-refractivity contribution in [1.29, 1.82) is 0 Å². The Morgan fingerprint density at radius 3 is 2.25 bits per heavy atom. The smallest absolute Gasteiger partial charge is 0.410 e. The summed E-state index contributed by atoms with van der Waals surface area (Å²) in [6.45, 7) is 6.51. The van der Waals surface area contributed by atoms with Gasteiger partial charge in [-0.3, -0.25) is 0 Å². The Morgan fingerprint density at radius 2 is 1.67 bits per heavy atom. The number of carboxylic acids is 1. The summed E-state index contributed by atoms with van der Waals surface area (Å²) in [6.07, 6.45) is 0.572. The lowest BCUT2D eigenvalue weighted by Gasteiger charge is -2.35. The number of carboxylic acid groups (broad SMARTS) is 1. The van der Waals surface area contributed by atoms with Crippen LogP contribution in [-0.2, 0) is 14.3 Å². The summed E-state index contributed by atoms with van der Waals surface area (Å²) in [6, 6.07) is 15.0. The zero-order valence-corrected chi connectivity index (χ0v) is 21.0. The summed E-state index contributed by atoms with van der Waals surface area (Å²) in [7, 11) is 0.